The number of nitrogens with zero attached hydrogens (tertiary/aromatic N) is 3. The van der Waals surface area contributed by atoms with Crippen LogP contribution in [0, 0.1) is 0 Å². The zero-order chi connectivity index (χ0) is 29.5. The van der Waals surface area contributed by atoms with Crippen molar-refractivity contribution < 1.29 is 61.2 Å². The predicted molar refractivity (Wildman–Crippen MR) is 134 cm³/mol. The first-order valence-corrected chi connectivity index (χ1v) is 12.9. The summed E-state index contributed by atoms with van der Waals surface area (Å²) in [6, 6.07) is 0. The molecule has 13 heteroatoms. The molecule has 0 N–H and O–H groups in total. The third kappa shape index (κ3) is 13.6. The van der Waals surface area contributed by atoms with Crippen molar-refractivity contribution in [3.05, 3.63) is 35.5 Å². The fourth-order valence-corrected chi connectivity index (χ4v) is 3.97. The zero-order valence-electron chi connectivity index (χ0n) is 23.1. The predicted octanol–water partition coefficient (Wildman–Crippen LogP) is -1.68. The van der Waals surface area contributed by atoms with Crippen LogP contribution in [0.1, 0.15) is 59.3 Å². The molecule has 0 unspecified atom stereocenters. The molecule has 0 bridgehead atoms. The quantitative estimate of drug-likeness (QED) is 0.195. The SMILES string of the molecule is CC(=O)/C=C(\[O-])C(=O)N1CCCC1.CC(=O)/C=C(\[O-])C(=O)N1CCCC1.CC(=O)/C=C(\[O-])C(=O)N1CCCC1.[Fe+3]. The molecule has 3 rings (SSSR count). The van der Waals surface area contributed by atoms with E-state index in [2.05, 4.69) is 0 Å². The van der Waals surface area contributed by atoms with E-state index in [1.54, 1.807) is 0 Å². The van der Waals surface area contributed by atoms with Gasteiger partial charge in [-0.2, -0.15) is 0 Å². The standard InChI is InChI=1S/3C9H13NO3.Fe/c3*1-7(11)6-8(12)9(13)10-4-2-3-5-10;/h3*6,12H,2-5H2,1H3;/q;;;+3/p-3/b3*8-6-;. The van der Waals surface area contributed by atoms with Gasteiger partial charge in [0.15, 0.2) is 17.3 Å². The van der Waals surface area contributed by atoms with Crippen molar-refractivity contribution >= 4 is 35.1 Å². The molecule has 3 fully saturated rings. The molecule has 0 aromatic heterocycles. The van der Waals surface area contributed by atoms with Gasteiger partial charge >= 0.3 is 17.1 Å². The van der Waals surface area contributed by atoms with E-state index in [-0.39, 0.29) is 34.4 Å². The molecule has 3 amide bonds. The van der Waals surface area contributed by atoms with E-state index in [9.17, 15) is 44.1 Å². The number of allylic oxidation sites excluding steroid dienone is 3. The van der Waals surface area contributed by atoms with Crippen molar-refractivity contribution in [1.29, 1.82) is 0 Å². The number of likely N-dealkylation sites (tertiary alicyclic amines) is 3. The molecular weight excluding hydrogens is 566 g/mol. The van der Waals surface area contributed by atoms with Gasteiger partial charge in [0, 0.05) is 39.3 Å². The van der Waals surface area contributed by atoms with Crippen LogP contribution in [0.5, 0.6) is 0 Å². The molecule has 0 atom stereocenters. The van der Waals surface area contributed by atoms with Crippen LogP contribution in [0.15, 0.2) is 35.5 Å². The summed E-state index contributed by atoms with van der Waals surface area (Å²) in [6.45, 7) is 7.59. The Morgan fingerprint density at radius 1 is 0.450 bits per heavy atom. The van der Waals surface area contributed by atoms with Gasteiger partial charge in [0.25, 0.3) is 0 Å². The maximum absolute atomic E-state index is 11.3. The van der Waals surface area contributed by atoms with Crippen molar-refractivity contribution in [2.24, 2.45) is 0 Å². The molecule has 3 aliphatic rings. The molecule has 3 saturated heterocycles. The normalized spacial score (nSPS) is 17.2. The van der Waals surface area contributed by atoms with E-state index in [0.29, 0.717) is 39.3 Å². The van der Waals surface area contributed by atoms with Crippen molar-refractivity contribution in [2.75, 3.05) is 39.3 Å². The second kappa shape index (κ2) is 18.8. The number of amides is 3. The minimum absolute atomic E-state index is 0. The van der Waals surface area contributed by atoms with Crippen LogP contribution in [-0.4, -0.2) is 89.0 Å². The zero-order valence-corrected chi connectivity index (χ0v) is 24.2. The first-order chi connectivity index (χ1) is 18.3. The van der Waals surface area contributed by atoms with Gasteiger partial charge in [-0.15, -0.1) is 0 Å². The summed E-state index contributed by atoms with van der Waals surface area (Å²) in [4.78, 5) is 69.9. The Hall–Kier alpha value is -3.44. The summed E-state index contributed by atoms with van der Waals surface area (Å²) >= 11 is 0. The summed E-state index contributed by atoms with van der Waals surface area (Å²) in [5.74, 6) is -4.88. The summed E-state index contributed by atoms with van der Waals surface area (Å²) < 4.78 is 0. The molecule has 0 spiro atoms. The Morgan fingerprint density at radius 3 is 0.775 bits per heavy atom. The van der Waals surface area contributed by atoms with Crippen LogP contribution in [0.25, 0.3) is 0 Å². The average Bonchev–Trinajstić information content (AvgIpc) is 3.65. The van der Waals surface area contributed by atoms with Crippen LogP contribution in [0.4, 0.5) is 0 Å². The Bertz CT molecular complexity index is 890. The molecule has 40 heavy (non-hydrogen) atoms. The van der Waals surface area contributed by atoms with E-state index in [1.807, 2.05) is 0 Å². The Balaban J connectivity index is 0.000000563. The summed E-state index contributed by atoms with van der Waals surface area (Å²) in [5, 5.41) is 33.2. The van der Waals surface area contributed by atoms with Gasteiger partial charge < -0.3 is 30.0 Å². The number of rotatable bonds is 6. The van der Waals surface area contributed by atoms with Crippen LogP contribution in [-0.2, 0) is 45.8 Å². The molecule has 0 aromatic rings. The minimum atomic E-state index is -0.700. The van der Waals surface area contributed by atoms with E-state index in [0.717, 1.165) is 56.8 Å². The van der Waals surface area contributed by atoms with Crippen molar-refractivity contribution in [1.82, 2.24) is 14.7 Å². The van der Waals surface area contributed by atoms with Gasteiger partial charge in [-0.1, -0.05) is 0 Å². The van der Waals surface area contributed by atoms with Gasteiger partial charge in [-0.3, -0.25) is 28.8 Å². The Labute approximate surface area is 244 Å². The van der Waals surface area contributed by atoms with Crippen molar-refractivity contribution in [3.8, 4) is 0 Å². The number of hydrogen-bond acceptors (Lipinski definition) is 9. The molecule has 12 nitrogen and oxygen atoms in total. The van der Waals surface area contributed by atoms with Gasteiger partial charge in [0.05, 0.1) is 0 Å². The Morgan fingerprint density at radius 2 is 0.625 bits per heavy atom. The van der Waals surface area contributed by atoms with Gasteiger partial charge in [-0.25, -0.2) is 0 Å². The second-order valence-corrected chi connectivity index (χ2v) is 9.36. The third-order valence-electron chi connectivity index (χ3n) is 5.82. The molecule has 0 saturated carbocycles. The summed E-state index contributed by atoms with van der Waals surface area (Å²) in [6.07, 6.45) is 8.20. The first kappa shape index (κ1) is 36.6. The Kier molecular flexibility index (Phi) is 17.2. The number of carbonyl (C=O) groups is 6. The fraction of sp³-hybridized carbons (Fsp3) is 0.556. The van der Waals surface area contributed by atoms with Crippen LogP contribution in [0.2, 0.25) is 0 Å². The minimum Gasteiger partial charge on any atom is -0.869 e. The van der Waals surface area contributed by atoms with E-state index in [4.69, 9.17) is 0 Å². The molecular formula is C27H36FeN3O9. The van der Waals surface area contributed by atoms with Gasteiger partial charge in [0.2, 0.25) is 17.7 Å². The summed E-state index contributed by atoms with van der Waals surface area (Å²) in [7, 11) is 0. The topological polar surface area (TPSA) is 181 Å². The molecule has 0 aliphatic carbocycles. The van der Waals surface area contributed by atoms with Crippen LogP contribution < -0.4 is 15.3 Å². The van der Waals surface area contributed by atoms with Crippen LogP contribution in [0.3, 0.4) is 0 Å². The second-order valence-electron chi connectivity index (χ2n) is 9.36. The monoisotopic (exact) mass is 602 g/mol. The number of ketones is 3. The van der Waals surface area contributed by atoms with E-state index < -0.39 is 35.0 Å². The van der Waals surface area contributed by atoms with Crippen LogP contribution >= 0.6 is 0 Å². The number of hydrogen-bond donors (Lipinski definition) is 0. The van der Waals surface area contributed by atoms with Gasteiger partial charge in [-0.05, 0) is 94.8 Å². The maximum atomic E-state index is 11.3. The largest absolute Gasteiger partial charge is 3.00 e. The smallest absolute Gasteiger partial charge is 0.869 e. The van der Waals surface area contributed by atoms with E-state index >= 15 is 0 Å². The fourth-order valence-electron chi connectivity index (χ4n) is 3.97. The number of carbonyl (C=O) groups excluding carboxylic acids is 6. The molecule has 3 aliphatic heterocycles. The maximum Gasteiger partial charge on any atom is 3.00 e. The first-order valence-electron chi connectivity index (χ1n) is 12.9. The van der Waals surface area contributed by atoms with E-state index in [1.165, 1.54) is 35.5 Å². The molecule has 1 radical (unpaired) electrons. The molecule has 221 valence electrons. The van der Waals surface area contributed by atoms with Gasteiger partial charge in [0.1, 0.15) is 0 Å². The summed E-state index contributed by atoms with van der Waals surface area (Å²) in [5.41, 5.74) is 0. The van der Waals surface area contributed by atoms with Crippen molar-refractivity contribution in [3.63, 3.8) is 0 Å². The molecule has 3 heterocycles. The van der Waals surface area contributed by atoms with Crippen molar-refractivity contribution in [2.45, 2.75) is 59.3 Å². The average molecular weight is 602 g/mol. The third-order valence-corrected chi connectivity index (χ3v) is 5.82. The molecule has 0 aromatic carbocycles.